The molecule has 0 radical (unpaired) electrons. The maximum absolute atomic E-state index is 12.0. The standard InChI is InChI=1S/C13H16N4O4/c1-2-15-5-6-16(13(19)12(15)18)8-9-3-4-10(14)11(7-9)17(20)21/h3-4,7H,2,5-6,8,14H2,1H3. The van der Waals surface area contributed by atoms with Crippen molar-refractivity contribution < 1.29 is 14.5 Å². The Kier molecular flexibility index (Phi) is 4.06. The second-order valence-corrected chi connectivity index (χ2v) is 4.76. The molecule has 8 heteroatoms. The van der Waals surface area contributed by atoms with Crippen molar-refractivity contribution in [3.63, 3.8) is 0 Å². The lowest BCUT2D eigenvalue weighted by atomic mass is 10.1. The minimum absolute atomic E-state index is 0.0713. The zero-order valence-corrected chi connectivity index (χ0v) is 11.6. The van der Waals surface area contributed by atoms with Gasteiger partial charge in [-0.25, -0.2) is 0 Å². The zero-order valence-electron chi connectivity index (χ0n) is 11.6. The van der Waals surface area contributed by atoms with Gasteiger partial charge in [-0.1, -0.05) is 6.07 Å². The van der Waals surface area contributed by atoms with Crippen LogP contribution in [0.3, 0.4) is 0 Å². The molecule has 1 aromatic carbocycles. The van der Waals surface area contributed by atoms with E-state index in [4.69, 9.17) is 5.73 Å². The molecule has 1 heterocycles. The number of nitro groups is 1. The van der Waals surface area contributed by atoms with Crippen LogP contribution in [0.15, 0.2) is 18.2 Å². The molecule has 0 aromatic heterocycles. The highest BCUT2D eigenvalue weighted by molar-refractivity contribution is 6.35. The van der Waals surface area contributed by atoms with Crippen molar-refractivity contribution in [3.8, 4) is 0 Å². The molecule has 2 N–H and O–H groups in total. The molecule has 0 unspecified atom stereocenters. The van der Waals surface area contributed by atoms with Crippen LogP contribution < -0.4 is 5.73 Å². The predicted octanol–water partition coefficient (Wildman–Crippen LogP) is 0.368. The Bertz CT molecular complexity index is 602. The minimum atomic E-state index is -0.581. The summed E-state index contributed by atoms with van der Waals surface area (Å²) in [5.74, 6) is -1.11. The van der Waals surface area contributed by atoms with E-state index in [0.717, 1.165) is 0 Å². The first-order chi connectivity index (χ1) is 9.93. The molecule has 0 bridgehead atoms. The third-order valence-corrected chi connectivity index (χ3v) is 3.44. The topological polar surface area (TPSA) is 110 Å². The Morgan fingerprint density at radius 2 is 1.86 bits per heavy atom. The summed E-state index contributed by atoms with van der Waals surface area (Å²) < 4.78 is 0. The number of carbonyl (C=O) groups excluding carboxylic acids is 2. The molecule has 0 aliphatic carbocycles. The van der Waals surface area contributed by atoms with Crippen LogP contribution in [0.5, 0.6) is 0 Å². The van der Waals surface area contributed by atoms with Gasteiger partial charge in [0.1, 0.15) is 5.69 Å². The Hall–Kier alpha value is -2.64. The number of nitrogens with two attached hydrogens (primary N) is 1. The molecule has 2 amide bonds. The van der Waals surface area contributed by atoms with Crippen molar-refractivity contribution >= 4 is 23.2 Å². The fraction of sp³-hybridized carbons (Fsp3) is 0.385. The summed E-state index contributed by atoms with van der Waals surface area (Å²) in [5.41, 5.74) is 5.97. The van der Waals surface area contributed by atoms with Crippen LogP contribution in [0.1, 0.15) is 12.5 Å². The highest BCUT2D eigenvalue weighted by atomic mass is 16.6. The quantitative estimate of drug-likeness (QED) is 0.373. The number of anilines is 1. The molecule has 1 aliphatic heterocycles. The van der Waals surface area contributed by atoms with Crippen LogP contribution in [-0.2, 0) is 16.1 Å². The monoisotopic (exact) mass is 292 g/mol. The summed E-state index contributed by atoms with van der Waals surface area (Å²) in [7, 11) is 0. The maximum Gasteiger partial charge on any atom is 0.312 e. The molecule has 0 saturated carbocycles. The van der Waals surface area contributed by atoms with Gasteiger partial charge in [0.05, 0.1) is 4.92 Å². The largest absolute Gasteiger partial charge is 0.393 e. The average Bonchev–Trinajstić information content (AvgIpc) is 2.46. The van der Waals surface area contributed by atoms with Crippen molar-refractivity contribution in [1.29, 1.82) is 0 Å². The Morgan fingerprint density at radius 1 is 1.24 bits per heavy atom. The van der Waals surface area contributed by atoms with Gasteiger partial charge in [0.25, 0.3) is 5.69 Å². The second-order valence-electron chi connectivity index (χ2n) is 4.76. The van der Waals surface area contributed by atoms with E-state index in [0.29, 0.717) is 25.2 Å². The third kappa shape index (κ3) is 2.93. The first-order valence-electron chi connectivity index (χ1n) is 6.55. The Labute approximate surface area is 121 Å². The van der Waals surface area contributed by atoms with Crippen LogP contribution in [0.25, 0.3) is 0 Å². The zero-order chi connectivity index (χ0) is 15.6. The molecular weight excluding hydrogens is 276 g/mol. The number of rotatable bonds is 4. The first kappa shape index (κ1) is 14.8. The summed E-state index contributed by atoms with van der Waals surface area (Å²) >= 11 is 0. The predicted molar refractivity (Wildman–Crippen MR) is 75.2 cm³/mol. The van der Waals surface area contributed by atoms with E-state index in [9.17, 15) is 19.7 Å². The van der Waals surface area contributed by atoms with E-state index in [1.165, 1.54) is 21.9 Å². The van der Waals surface area contributed by atoms with Gasteiger partial charge in [-0.15, -0.1) is 0 Å². The fourth-order valence-corrected chi connectivity index (χ4v) is 2.23. The molecule has 8 nitrogen and oxygen atoms in total. The summed E-state index contributed by atoms with van der Waals surface area (Å²) in [5, 5.41) is 10.8. The molecule has 0 atom stereocenters. The van der Waals surface area contributed by atoms with E-state index in [1.54, 1.807) is 6.07 Å². The van der Waals surface area contributed by atoms with Gasteiger partial charge in [-0.2, -0.15) is 0 Å². The summed E-state index contributed by atoms with van der Waals surface area (Å²) in [6.07, 6.45) is 0. The molecule has 0 spiro atoms. The maximum atomic E-state index is 12.0. The van der Waals surface area contributed by atoms with Gasteiger partial charge in [0, 0.05) is 32.2 Å². The van der Waals surface area contributed by atoms with Crippen LogP contribution in [0.4, 0.5) is 11.4 Å². The minimum Gasteiger partial charge on any atom is -0.393 e. The van der Waals surface area contributed by atoms with E-state index >= 15 is 0 Å². The number of likely N-dealkylation sites (N-methyl/N-ethyl adjacent to an activating group) is 1. The molecule has 1 aliphatic rings. The lowest BCUT2D eigenvalue weighted by Gasteiger charge is -2.33. The van der Waals surface area contributed by atoms with Gasteiger partial charge in [0.15, 0.2) is 0 Å². The SMILES string of the molecule is CCN1CCN(Cc2ccc(N)c([N+](=O)[O-])c2)C(=O)C1=O. The summed E-state index contributed by atoms with van der Waals surface area (Å²) in [6.45, 7) is 3.34. The van der Waals surface area contributed by atoms with Crippen LogP contribution in [0, 0.1) is 10.1 Å². The van der Waals surface area contributed by atoms with Crippen molar-refractivity contribution in [2.45, 2.75) is 13.5 Å². The van der Waals surface area contributed by atoms with Crippen molar-refractivity contribution in [2.75, 3.05) is 25.4 Å². The van der Waals surface area contributed by atoms with E-state index in [1.807, 2.05) is 6.92 Å². The van der Waals surface area contributed by atoms with Crippen molar-refractivity contribution in [1.82, 2.24) is 9.80 Å². The number of hydrogen-bond donors (Lipinski definition) is 1. The highest BCUT2D eigenvalue weighted by Gasteiger charge is 2.31. The Balaban J connectivity index is 2.16. The van der Waals surface area contributed by atoms with Gasteiger partial charge >= 0.3 is 11.8 Å². The fourth-order valence-electron chi connectivity index (χ4n) is 2.23. The lowest BCUT2D eigenvalue weighted by molar-refractivity contribution is -0.384. The van der Waals surface area contributed by atoms with Crippen LogP contribution in [0.2, 0.25) is 0 Å². The van der Waals surface area contributed by atoms with E-state index in [2.05, 4.69) is 0 Å². The summed E-state index contributed by atoms with van der Waals surface area (Å²) in [4.78, 5) is 36.9. The van der Waals surface area contributed by atoms with Crippen LogP contribution >= 0.6 is 0 Å². The number of nitrogens with zero attached hydrogens (tertiary/aromatic N) is 3. The molecule has 2 rings (SSSR count). The van der Waals surface area contributed by atoms with Gasteiger partial charge in [-0.3, -0.25) is 19.7 Å². The molecule has 21 heavy (non-hydrogen) atoms. The van der Waals surface area contributed by atoms with Gasteiger partial charge in [-0.05, 0) is 18.6 Å². The summed E-state index contributed by atoms with van der Waals surface area (Å²) in [6, 6.07) is 4.38. The van der Waals surface area contributed by atoms with Gasteiger partial charge in [0.2, 0.25) is 0 Å². The second kappa shape index (κ2) is 5.78. The highest BCUT2D eigenvalue weighted by Crippen LogP contribution is 2.23. The smallest absolute Gasteiger partial charge is 0.312 e. The third-order valence-electron chi connectivity index (χ3n) is 3.44. The van der Waals surface area contributed by atoms with E-state index in [-0.39, 0.29) is 17.9 Å². The number of carbonyl (C=O) groups is 2. The first-order valence-corrected chi connectivity index (χ1v) is 6.55. The van der Waals surface area contributed by atoms with Gasteiger partial charge < -0.3 is 15.5 Å². The molecule has 1 fully saturated rings. The van der Waals surface area contributed by atoms with Crippen molar-refractivity contribution in [3.05, 3.63) is 33.9 Å². The molecule has 1 saturated heterocycles. The number of benzene rings is 1. The molecule has 1 aromatic rings. The number of hydrogen-bond acceptors (Lipinski definition) is 5. The van der Waals surface area contributed by atoms with Crippen molar-refractivity contribution in [2.24, 2.45) is 0 Å². The normalized spacial score (nSPS) is 15.5. The number of nitro benzene ring substituents is 1. The molecular formula is C13H16N4O4. The molecule has 112 valence electrons. The average molecular weight is 292 g/mol. The number of nitrogen functional groups attached to an aromatic ring is 1. The van der Waals surface area contributed by atoms with Crippen LogP contribution in [-0.4, -0.2) is 46.2 Å². The van der Waals surface area contributed by atoms with E-state index < -0.39 is 16.7 Å². The number of amides is 2. The lowest BCUT2D eigenvalue weighted by Crippen LogP contribution is -2.53. The number of piperazine rings is 1. The Morgan fingerprint density at radius 3 is 2.48 bits per heavy atom.